The van der Waals surface area contributed by atoms with E-state index in [1.807, 2.05) is 30.3 Å². The second-order valence-corrected chi connectivity index (χ2v) is 9.97. The molecule has 0 radical (unpaired) electrons. The van der Waals surface area contributed by atoms with Crippen LogP contribution in [0, 0.1) is 0 Å². The predicted octanol–water partition coefficient (Wildman–Crippen LogP) is 1.97. The summed E-state index contributed by atoms with van der Waals surface area (Å²) in [5.41, 5.74) is 0.934. The first-order valence-electron chi connectivity index (χ1n) is 7.89. The van der Waals surface area contributed by atoms with Crippen molar-refractivity contribution in [1.29, 1.82) is 0 Å². The minimum atomic E-state index is -3.86. The Morgan fingerprint density at radius 3 is 2.16 bits per heavy atom. The molecule has 2 aromatic carbocycles. The Morgan fingerprint density at radius 2 is 1.52 bits per heavy atom. The summed E-state index contributed by atoms with van der Waals surface area (Å²) in [6, 6.07) is 15.3. The lowest BCUT2D eigenvalue weighted by molar-refractivity contribution is 0.472. The molecule has 1 atom stereocenters. The molecule has 0 aliphatic carbocycles. The van der Waals surface area contributed by atoms with E-state index in [9.17, 15) is 16.8 Å². The van der Waals surface area contributed by atoms with Crippen molar-refractivity contribution in [3.8, 4) is 0 Å². The van der Waals surface area contributed by atoms with Crippen LogP contribution in [0.4, 0.5) is 5.69 Å². The molecule has 0 spiro atoms. The summed E-state index contributed by atoms with van der Waals surface area (Å²) in [5.74, 6) is 0. The molecule has 0 bridgehead atoms. The summed E-state index contributed by atoms with van der Waals surface area (Å²) in [5, 5.41) is 3.31. The van der Waals surface area contributed by atoms with Gasteiger partial charge in [0.05, 0.1) is 4.90 Å². The lowest BCUT2D eigenvalue weighted by Crippen LogP contribution is -2.32. The first kappa shape index (κ1) is 17.9. The third-order valence-corrected chi connectivity index (χ3v) is 7.37. The van der Waals surface area contributed by atoms with Crippen molar-refractivity contribution in [3.63, 3.8) is 0 Å². The van der Waals surface area contributed by atoms with Gasteiger partial charge in [0.15, 0.2) is 9.84 Å². The van der Waals surface area contributed by atoms with Gasteiger partial charge >= 0.3 is 0 Å². The number of hydrogen-bond acceptors (Lipinski definition) is 5. The second kappa shape index (κ2) is 6.78. The molecule has 0 aromatic heterocycles. The zero-order valence-corrected chi connectivity index (χ0v) is 15.4. The van der Waals surface area contributed by atoms with Gasteiger partial charge in [0.25, 0.3) is 0 Å². The van der Waals surface area contributed by atoms with Crippen LogP contribution in [0.2, 0.25) is 0 Å². The van der Waals surface area contributed by atoms with E-state index < -0.39 is 19.9 Å². The summed E-state index contributed by atoms with van der Waals surface area (Å²) < 4.78 is 51.1. The Balaban J connectivity index is 1.83. The van der Waals surface area contributed by atoms with Crippen LogP contribution < -0.4 is 5.32 Å². The van der Waals surface area contributed by atoms with Crippen molar-refractivity contribution in [2.75, 3.05) is 24.7 Å². The molecule has 1 aliphatic heterocycles. The molecule has 0 amide bonds. The SMILES string of the molecule is CS(=O)(=O)c1ccccc1S(=O)(=O)N1CC[C@@H](Nc2ccccc2)C1. The summed E-state index contributed by atoms with van der Waals surface area (Å²) in [7, 11) is -7.49. The van der Waals surface area contributed by atoms with Gasteiger partial charge in [-0.05, 0) is 30.7 Å². The van der Waals surface area contributed by atoms with E-state index in [0.717, 1.165) is 11.9 Å². The standard InChI is InChI=1S/C17H20N2O4S2/c1-24(20,21)16-9-5-6-10-17(16)25(22,23)19-12-11-15(13-19)18-14-7-3-2-4-8-14/h2-10,15,18H,11-13H2,1H3/t15-/m1/s1. The molecule has 6 nitrogen and oxygen atoms in total. The molecule has 3 rings (SSSR count). The number of benzene rings is 2. The average Bonchev–Trinajstić information content (AvgIpc) is 3.04. The minimum Gasteiger partial charge on any atom is -0.381 e. The van der Waals surface area contributed by atoms with Crippen LogP contribution in [-0.4, -0.2) is 46.5 Å². The zero-order chi connectivity index (χ0) is 18.1. The van der Waals surface area contributed by atoms with Crippen LogP contribution in [0.1, 0.15) is 6.42 Å². The molecule has 1 fully saturated rings. The fraction of sp³-hybridized carbons (Fsp3) is 0.294. The summed E-state index contributed by atoms with van der Waals surface area (Å²) in [6.07, 6.45) is 1.68. The molecule has 0 saturated carbocycles. The highest BCUT2D eigenvalue weighted by Gasteiger charge is 2.35. The topological polar surface area (TPSA) is 83.5 Å². The van der Waals surface area contributed by atoms with Crippen LogP contribution in [0.5, 0.6) is 0 Å². The number of nitrogens with zero attached hydrogens (tertiary/aromatic N) is 1. The zero-order valence-electron chi connectivity index (χ0n) is 13.8. The van der Waals surface area contributed by atoms with Crippen LogP contribution >= 0.6 is 0 Å². The van der Waals surface area contributed by atoms with Crippen molar-refractivity contribution in [2.24, 2.45) is 0 Å². The largest absolute Gasteiger partial charge is 0.381 e. The normalized spacial score (nSPS) is 19.0. The summed E-state index contributed by atoms with van der Waals surface area (Å²) in [6.45, 7) is 0.653. The number of nitrogens with one attached hydrogen (secondary N) is 1. The van der Waals surface area contributed by atoms with Gasteiger partial charge in [0.1, 0.15) is 4.90 Å². The number of hydrogen-bond donors (Lipinski definition) is 1. The predicted molar refractivity (Wildman–Crippen MR) is 96.8 cm³/mol. The Labute approximate surface area is 148 Å². The molecular weight excluding hydrogens is 360 g/mol. The Kier molecular flexibility index (Phi) is 4.86. The first-order chi connectivity index (χ1) is 11.8. The fourth-order valence-electron chi connectivity index (χ4n) is 2.94. The lowest BCUT2D eigenvalue weighted by Gasteiger charge is -2.19. The molecule has 1 saturated heterocycles. The van der Waals surface area contributed by atoms with Crippen molar-refractivity contribution < 1.29 is 16.8 Å². The van der Waals surface area contributed by atoms with E-state index in [4.69, 9.17) is 0 Å². The van der Waals surface area contributed by atoms with Gasteiger partial charge < -0.3 is 5.32 Å². The highest BCUT2D eigenvalue weighted by Crippen LogP contribution is 2.27. The van der Waals surface area contributed by atoms with Crippen LogP contribution in [0.25, 0.3) is 0 Å². The van der Waals surface area contributed by atoms with Gasteiger partial charge in [-0.3, -0.25) is 0 Å². The Bertz CT molecular complexity index is 957. The number of para-hydroxylation sites is 1. The van der Waals surface area contributed by atoms with Crippen molar-refractivity contribution in [2.45, 2.75) is 22.3 Å². The molecule has 2 aromatic rings. The van der Waals surface area contributed by atoms with E-state index in [1.54, 1.807) is 0 Å². The van der Waals surface area contributed by atoms with Gasteiger partial charge in [0, 0.05) is 31.1 Å². The molecule has 0 unspecified atom stereocenters. The minimum absolute atomic E-state index is 0.0115. The quantitative estimate of drug-likeness (QED) is 0.857. The third-order valence-electron chi connectivity index (χ3n) is 4.16. The van der Waals surface area contributed by atoms with E-state index in [2.05, 4.69) is 5.32 Å². The number of sulfone groups is 1. The van der Waals surface area contributed by atoms with Gasteiger partial charge in [-0.25, -0.2) is 16.8 Å². The van der Waals surface area contributed by atoms with E-state index in [1.165, 1.54) is 28.6 Å². The van der Waals surface area contributed by atoms with E-state index >= 15 is 0 Å². The second-order valence-electron chi connectivity index (χ2n) is 6.08. The number of sulfonamides is 1. The van der Waals surface area contributed by atoms with Crippen molar-refractivity contribution in [1.82, 2.24) is 4.31 Å². The van der Waals surface area contributed by atoms with Gasteiger partial charge in [-0.1, -0.05) is 30.3 Å². The first-order valence-corrected chi connectivity index (χ1v) is 11.2. The van der Waals surface area contributed by atoms with Crippen LogP contribution in [0.3, 0.4) is 0 Å². The van der Waals surface area contributed by atoms with E-state index in [-0.39, 0.29) is 15.8 Å². The average molecular weight is 380 g/mol. The monoisotopic (exact) mass is 380 g/mol. The van der Waals surface area contributed by atoms with Crippen molar-refractivity contribution >= 4 is 25.5 Å². The highest BCUT2D eigenvalue weighted by molar-refractivity contribution is 7.93. The van der Waals surface area contributed by atoms with Gasteiger partial charge in [-0.15, -0.1) is 0 Å². The maximum absolute atomic E-state index is 12.9. The van der Waals surface area contributed by atoms with Crippen molar-refractivity contribution in [3.05, 3.63) is 54.6 Å². The Morgan fingerprint density at radius 1 is 0.920 bits per heavy atom. The molecule has 1 N–H and O–H groups in total. The molecule has 1 heterocycles. The molecule has 8 heteroatoms. The fourth-order valence-corrected chi connectivity index (χ4v) is 6.05. The Hall–Kier alpha value is -1.90. The van der Waals surface area contributed by atoms with Crippen LogP contribution in [-0.2, 0) is 19.9 Å². The maximum atomic E-state index is 12.9. The number of anilines is 1. The smallest absolute Gasteiger partial charge is 0.244 e. The van der Waals surface area contributed by atoms with Gasteiger partial charge in [0.2, 0.25) is 10.0 Å². The van der Waals surface area contributed by atoms with E-state index in [0.29, 0.717) is 19.5 Å². The molecule has 134 valence electrons. The maximum Gasteiger partial charge on any atom is 0.244 e. The lowest BCUT2D eigenvalue weighted by atomic mass is 10.2. The summed E-state index contributed by atoms with van der Waals surface area (Å²) >= 11 is 0. The molecule has 1 aliphatic rings. The third kappa shape index (κ3) is 3.86. The van der Waals surface area contributed by atoms with Crippen LogP contribution in [0.15, 0.2) is 64.4 Å². The molecular formula is C17H20N2O4S2. The number of rotatable bonds is 5. The summed E-state index contributed by atoms with van der Waals surface area (Å²) in [4.78, 5) is -0.313. The molecule has 25 heavy (non-hydrogen) atoms. The van der Waals surface area contributed by atoms with Gasteiger partial charge in [-0.2, -0.15) is 4.31 Å². The highest BCUT2D eigenvalue weighted by atomic mass is 32.2.